The van der Waals surface area contributed by atoms with Gasteiger partial charge in [-0.2, -0.15) is 0 Å². The minimum atomic E-state index is -0.0863. The van der Waals surface area contributed by atoms with Crippen LogP contribution in [0.1, 0.15) is 12.5 Å². The Morgan fingerprint density at radius 2 is 1.81 bits per heavy atom. The third-order valence-corrected chi connectivity index (χ3v) is 2.95. The highest BCUT2D eigenvalue weighted by Gasteiger charge is 2.07. The monoisotopic (exact) mass is 284 g/mol. The zero-order chi connectivity index (χ0) is 15.1. The van der Waals surface area contributed by atoms with E-state index in [9.17, 15) is 4.79 Å². The number of rotatable bonds is 6. The summed E-state index contributed by atoms with van der Waals surface area (Å²) >= 11 is 0. The molecule has 0 aromatic heterocycles. The first-order valence-corrected chi connectivity index (χ1v) is 7.03. The Bertz CT molecular complexity index is 594. The van der Waals surface area contributed by atoms with Crippen LogP contribution in [-0.4, -0.2) is 19.0 Å². The van der Waals surface area contributed by atoms with E-state index in [1.807, 2.05) is 62.4 Å². The van der Waals surface area contributed by atoms with Crippen molar-refractivity contribution in [3.8, 4) is 11.5 Å². The quantitative estimate of drug-likeness (QED) is 0.855. The number of amides is 1. The van der Waals surface area contributed by atoms with Gasteiger partial charge in [-0.1, -0.05) is 36.8 Å². The van der Waals surface area contributed by atoms with Gasteiger partial charge in [0, 0.05) is 0 Å². The van der Waals surface area contributed by atoms with Gasteiger partial charge in [-0.3, -0.25) is 4.79 Å². The fraction of sp³-hybridized carbons (Fsp3) is 0.235. The molecule has 2 rings (SSSR count). The van der Waals surface area contributed by atoms with Crippen LogP contribution in [-0.2, 0) is 4.79 Å². The average molecular weight is 284 g/mol. The van der Waals surface area contributed by atoms with Gasteiger partial charge < -0.3 is 15.4 Å². The fourth-order valence-electron chi connectivity index (χ4n) is 1.83. The third-order valence-electron chi connectivity index (χ3n) is 2.95. The maximum atomic E-state index is 11.8. The van der Waals surface area contributed by atoms with Gasteiger partial charge in [0.25, 0.3) is 0 Å². The lowest BCUT2D eigenvalue weighted by Gasteiger charge is -2.12. The number of benzene rings is 2. The Kier molecular flexibility index (Phi) is 5.35. The largest absolute Gasteiger partial charge is 0.455 e. The number of ether oxygens (including phenoxy) is 1. The maximum absolute atomic E-state index is 11.8. The molecule has 0 spiro atoms. The Morgan fingerprint density at radius 3 is 2.52 bits per heavy atom. The predicted molar refractivity (Wildman–Crippen MR) is 84.9 cm³/mol. The standard InChI is InChI=1S/C17H20N2O2/c1-3-18-12-17(20)19-15-6-4-5-7-16(15)21-14-10-8-13(2)9-11-14/h4-11,18H,3,12H2,1-2H3,(H,19,20). The first-order valence-electron chi connectivity index (χ1n) is 7.03. The van der Waals surface area contributed by atoms with Crippen molar-refractivity contribution in [2.24, 2.45) is 0 Å². The van der Waals surface area contributed by atoms with Crippen LogP contribution in [0.25, 0.3) is 0 Å². The molecular weight excluding hydrogens is 264 g/mol. The molecule has 0 saturated carbocycles. The van der Waals surface area contributed by atoms with E-state index < -0.39 is 0 Å². The van der Waals surface area contributed by atoms with Crippen molar-refractivity contribution >= 4 is 11.6 Å². The summed E-state index contributed by atoms with van der Waals surface area (Å²) in [6, 6.07) is 15.2. The van der Waals surface area contributed by atoms with Crippen LogP contribution in [0.2, 0.25) is 0 Å². The molecule has 0 fully saturated rings. The molecule has 2 aromatic carbocycles. The van der Waals surface area contributed by atoms with Gasteiger partial charge in [-0.25, -0.2) is 0 Å². The number of carbonyl (C=O) groups excluding carboxylic acids is 1. The summed E-state index contributed by atoms with van der Waals surface area (Å²) in [4.78, 5) is 11.8. The van der Waals surface area contributed by atoms with Gasteiger partial charge in [0.2, 0.25) is 5.91 Å². The highest BCUT2D eigenvalue weighted by atomic mass is 16.5. The zero-order valence-electron chi connectivity index (χ0n) is 12.3. The second-order valence-electron chi connectivity index (χ2n) is 4.74. The van der Waals surface area contributed by atoms with E-state index in [4.69, 9.17) is 4.74 Å². The molecule has 110 valence electrons. The lowest BCUT2D eigenvalue weighted by Crippen LogP contribution is -2.27. The van der Waals surface area contributed by atoms with Gasteiger partial charge in [0.05, 0.1) is 12.2 Å². The lowest BCUT2D eigenvalue weighted by molar-refractivity contribution is -0.115. The van der Waals surface area contributed by atoms with Crippen LogP contribution in [0.5, 0.6) is 11.5 Å². The molecule has 0 radical (unpaired) electrons. The van der Waals surface area contributed by atoms with Crippen LogP contribution >= 0.6 is 0 Å². The number of likely N-dealkylation sites (N-methyl/N-ethyl adjacent to an activating group) is 1. The molecule has 2 N–H and O–H groups in total. The zero-order valence-corrected chi connectivity index (χ0v) is 12.3. The number of para-hydroxylation sites is 2. The highest BCUT2D eigenvalue weighted by Crippen LogP contribution is 2.29. The normalized spacial score (nSPS) is 10.2. The van der Waals surface area contributed by atoms with Crippen molar-refractivity contribution in [3.63, 3.8) is 0 Å². The van der Waals surface area contributed by atoms with Gasteiger partial charge in [-0.15, -0.1) is 0 Å². The van der Waals surface area contributed by atoms with Gasteiger partial charge in [0.1, 0.15) is 5.75 Å². The summed E-state index contributed by atoms with van der Waals surface area (Å²) in [5.41, 5.74) is 1.84. The molecule has 0 aliphatic rings. The minimum Gasteiger partial charge on any atom is -0.455 e. The van der Waals surface area contributed by atoms with Crippen molar-refractivity contribution in [2.45, 2.75) is 13.8 Å². The Hall–Kier alpha value is -2.33. The van der Waals surface area contributed by atoms with E-state index >= 15 is 0 Å². The van der Waals surface area contributed by atoms with Crippen LogP contribution < -0.4 is 15.4 Å². The molecule has 4 heteroatoms. The molecule has 0 atom stereocenters. The Balaban J connectivity index is 2.09. The second kappa shape index (κ2) is 7.45. The second-order valence-corrected chi connectivity index (χ2v) is 4.74. The highest BCUT2D eigenvalue weighted by molar-refractivity contribution is 5.93. The van der Waals surface area contributed by atoms with Gasteiger partial charge in [-0.05, 0) is 37.7 Å². The number of carbonyl (C=O) groups is 1. The van der Waals surface area contributed by atoms with Crippen molar-refractivity contribution in [3.05, 3.63) is 54.1 Å². The molecule has 0 bridgehead atoms. The van der Waals surface area contributed by atoms with E-state index in [2.05, 4.69) is 10.6 Å². The SMILES string of the molecule is CCNCC(=O)Nc1ccccc1Oc1ccc(C)cc1. The van der Waals surface area contributed by atoms with Crippen molar-refractivity contribution in [2.75, 3.05) is 18.4 Å². The summed E-state index contributed by atoms with van der Waals surface area (Å²) in [6.45, 7) is 5.03. The van der Waals surface area contributed by atoms with Crippen LogP contribution in [0.4, 0.5) is 5.69 Å². The summed E-state index contributed by atoms with van der Waals surface area (Å²) in [7, 11) is 0. The molecule has 1 amide bonds. The number of anilines is 1. The van der Waals surface area contributed by atoms with Crippen molar-refractivity contribution in [1.82, 2.24) is 5.32 Å². The van der Waals surface area contributed by atoms with Gasteiger partial charge in [0.15, 0.2) is 5.75 Å². The van der Waals surface area contributed by atoms with Crippen molar-refractivity contribution < 1.29 is 9.53 Å². The number of hydrogen-bond donors (Lipinski definition) is 2. The van der Waals surface area contributed by atoms with E-state index in [0.717, 1.165) is 12.3 Å². The van der Waals surface area contributed by atoms with E-state index in [-0.39, 0.29) is 12.5 Å². The number of hydrogen-bond acceptors (Lipinski definition) is 3. The molecule has 21 heavy (non-hydrogen) atoms. The maximum Gasteiger partial charge on any atom is 0.238 e. The molecule has 0 saturated heterocycles. The minimum absolute atomic E-state index is 0.0863. The van der Waals surface area contributed by atoms with E-state index in [1.54, 1.807) is 0 Å². The van der Waals surface area contributed by atoms with E-state index in [0.29, 0.717) is 11.4 Å². The van der Waals surface area contributed by atoms with Gasteiger partial charge >= 0.3 is 0 Å². The molecule has 2 aromatic rings. The summed E-state index contributed by atoms with van der Waals surface area (Å²) in [5.74, 6) is 1.29. The van der Waals surface area contributed by atoms with Crippen LogP contribution in [0, 0.1) is 6.92 Å². The molecular formula is C17H20N2O2. The Labute approximate surface area is 125 Å². The molecule has 0 aliphatic carbocycles. The molecule has 0 unspecified atom stereocenters. The third kappa shape index (κ3) is 4.61. The first-order chi connectivity index (χ1) is 10.2. The van der Waals surface area contributed by atoms with Crippen molar-refractivity contribution in [1.29, 1.82) is 0 Å². The first kappa shape index (κ1) is 15.1. The summed E-state index contributed by atoms with van der Waals surface area (Å²) < 4.78 is 5.83. The average Bonchev–Trinajstić information content (AvgIpc) is 2.49. The number of nitrogens with one attached hydrogen (secondary N) is 2. The number of aryl methyl sites for hydroxylation is 1. The van der Waals surface area contributed by atoms with Crippen LogP contribution in [0.3, 0.4) is 0 Å². The van der Waals surface area contributed by atoms with Crippen LogP contribution in [0.15, 0.2) is 48.5 Å². The summed E-state index contributed by atoms with van der Waals surface area (Å²) in [5, 5.41) is 5.84. The molecule has 0 aliphatic heterocycles. The molecule has 0 heterocycles. The Morgan fingerprint density at radius 1 is 1.10 bits per heavy atom. The molecule has 4 nitrogen and oxygen atoms in total. The fourth-order valence-corrected chi connectivity index (χ4v) is 1.83. The summed E-state index contributed by atoms with van der Waals surface area (Å²) in [6.07, 6.45) is 0. The predicted octanol–water partition coefficient (Wildman–Crippen LogP) is 3.34. The smallest absolute Gasteiger partial charge is 0.238 e. The van der Waals surface area contributed by atoms with E-state index in [1.165, 1.54) is 5.56 Å². The lowest BCUT2D eigenvalue weighted by atomic mass is 10.2. The topological polar surface area (TPSA) is 50.4 Å².